The Balaban J connectivity index is 2.56. The Morgan fingerprint density at radius 1 is 1.50 bits per heavy atom. The van der Waals surface area contributed by atoms with Gasteiger partial charge < -0.3 is 10.8 Å². The Morgan fingerprint density at radius 2 is 2.25 bits per heavy atom. The number of aromatic hydroxyl groups is 1. The van der Waals surface area contributed by atoms with E-state index >= 15 is 0 Å². The first-order valence-corrected chi connectivity index (χ1v) is 3.95. The van der Waals surface area contributed by atoms with Crippen molar-refractivity contribution >= 4 is 0 Å². The van der Waals surface area contributed by atoms with Crippen LogP contribution in [0.25, 0.3) is 0 Å². The summed E-state index contributed by atoms with van der Waals surface area (Å²) in [6.45, 7) is 0. The van der Waals surface area contributed by atoms with Crippen LogP contribution in [0, 0.1) is 5.82 Å². The summed E-state index contributed by atoms with van der Waals surface area (Å²) >= 11 is 0. The molecular weight excluding hydrogens is 157 g/mol. The molecule has 3 heteroatoms. The molecule has 1 aliphatic carbocycles. The van der Waals surface area contributed by atoms with Gasteiger partial charge in [0.05, 0.1) is 0 Å². The highest BCUT2D eigenvalue weighted by Crippen LogP contribution is 2.33. The maximum atomic E-state index is 12.8. The summed E-state index contributed by atoms with van der Waals surface area (Å²) in [5.74, 6) is -0.853. The fourth-order valence-corrected chi connectivity index (χ4v) is 1.65. The second-order valence-corrected chi connectivity index (χ2v) is 3.15. The first-order chi connectivity index (χ1) is 5.68. The number of benzene rings is 1. The Hall–Kier alpha value is -1.09. The lowest BCUT2D eigenvalue weighted by Crippen LogP contribution is -2.05. The smallest absolute Gasteiger partial charge is 0.165 e. The zero-order chi connectivity index (χ0) is 8.72. The number of nitrogens with two attached hydrogens (primary N) is 1. The minimum absolute atomic E-state index is 0.0601. The summed E-state index contributed by atoms with van der Waals surface area (Å²) in [7, 11) is 0. The van der Waals surface area contributed by atoms with E-state index in [1.807, 2.05) is 0 Å². The molecule has 0 amide bonds. The lowest BCUT2D eigenvalue weighted by atomic mass is 10.1. The highest BCUT2D eigenvalue weighted by molar-refractivity contribution is 5.40. The number of rotatable bonds is 0. The molecule has 0 aromatic heterocycles. The molecule has 64 valence electrons. The highest BCUT2D eigenvalue weighted by atomic mass is 19.1. The fourth-order valence-electron chi connectivity index (χ4n) is 1.65. The summed E-state index contributed by atoms with van der Waals surface area (Å²) < 4.78 is 12.8. The lowest BCUT2D eigenvalue weighted by molar-refractivity contribution is 0.431. The molecule has 0 fully saturated rings. The number of aryl methyl sites for hydroxylation is 1. The van der Waals surface area contributed by atoms with Gasteiger partial charge in [0.25, 0.3) is 0 Å². The molecule has 0 radical (unpaired) electrons. The molecule has 3 N–H and O–H groups in total. The van der Waals surface area contributed by atoms with Crippen LogP contribution in [0.1, 0.15) is 23.6 Å². The molecule has 0 heterocycles. The predicted octanol–water partition coefficient (Wildman–Crippen LogP) is 1.48. The highest BCUT2D eigenvalue weighted by Gasteiger charge is 2.20. The molecule has 0 spiro atoms. The van der Waals surface area contributed by atoms with Crippen molar-refractivity contribution in [2.24, 2.45) is 5.73 Å². The molecule has 2 nitrogen and oxygen atoms in total. The Labute approximate surface area is 69.8 Å². The second-order valence-electron chi connectivity index (χ2n) is 3.15. The van der Waals surface area contributed by atoms with Crippen LogP contribution < -0.4 is 5.73 Å². The van der Waals surface area contributed by atoms with Gasteiger partial charge in [-0.05, 0) is 36.1 Å². The predicted molar refractivity (Wildman–Crippen MR) is 43.3 cm³/mol. The third kappa shape index (κ3) is 0.975. The van der Waals surface area contributed by atoms with E-state index < -0.39 is 5.82 Å². The first-order valence-electron chi connectivity index (χ1n) is 3.95. The first kappa shape index (κ1) is 7.55. The number of phenolic OH excluding ortho intramolecular Hbond substituents is 1. The molecule has 2 rings (SSSR count). The molecule has 1 aromatic rings. The van der Waals surface area contributed by atoms with Crippen LogP contribution in [0.2, 0.25) is 0 Å². The van der Waals surface area contributed by atoms with Crippen molar-refractivity contribution in [3.8, 4) is 5.75 Å². The SMILES string of the molecule is N[C@@H]1CCc2cc(O)c(F)cc21. The van der Waals surface area contributed by atoms with Crippen LogP contribution >= 0.6 is 0 Å². The van der Waals surface area contributed by atoms with Gasteiger partial charge in [-0.25, -0.2) is 4.39 Å². The number of fused-ring (bicyclic) bond motifs is 1. The van der Waals surface area contributed by atoms with Gasteiger partial charge in [-0.15, -0.1) is 0 Å². The molecule has 12 heavy (non-hydrogen) atoms. The van der Waals surface area contributed by atoms with Crippen LogP contribution in [0.4, 0.5) is 4.39 Å². The van der Waals surface area contributed by atoms with Gasteiger partial charge in [-0.3, -0.25) is 0 Å². The van der Waals surface area contributed by atoms with E-state index in [2.05, 4.69) is 0 Å². The van der Waals surface area contributed by atoms with Gasteiger partial charge in [0.1, 0.15) is 0 Å². The Morgan fingerprint density at radius 3 is 3.00 bits per heavy atom. The van der Waals surface area contributed by atoms with E-state index in [0.717, 1.165) is 24.0 Å². The van der Waals surface area contributed by atoms with Gasteiger partial charge in [-0.2, -0.15) is 0 Å². The van der Waals surface area contributed by atoms with Crippen molar-refractivity contribution < 1.29 is 9.50 Å². The summed E-state index contributed by atoms with van der Waals surface area (Å²) in [5, 5.41) is 9.05. The van der Waals surface area contributed by atoms with E-state index in [4.69, 9.17) is 10.8 Å². The minimum atomic E-state index is -0.578. The third-order valence-corrected chi connectivity index (χ3v) is 2.33. The van der Waals surface area contributed by atoms with E-state index in [9.17, 15) is 4.39 Å². The van der Waals surface area contributed by atoms with Gasteiger partial charge >= 0.3 is 0 Å². The van der Waals surface area contributed by atoms with Crippen LogP contribution in [0.15, 0.2) is 12.1 Å². The largest absolute Gasteiger partial charge is 0.505 e. The Bertz CT molecular complexity index is 325. The van der Waals surface area contributed by atoms with Gasteiger partial charge in [0, 0.05) is 6.04 Å². The Kier molecular flexibility index (Phi) is 1.54. The average Bonchev–Trinajstić information content (AvgIpc) is 2.35. The lowest BCUT2D eigenvalue weighted by Gasteiger charge is -2.04. The van der Waals surface area contributed by atoms with Gasteiger partial charge in [0.2, 0.25) is 0 Å². The molecule has 0 unspecified atom stereocenters. The van der Waals surface area contributed by atoms with E-state index in [1.54, 1.807) is 0 Å². The summed E-state index contributed by atoms with van der Waals surface area (Å²) in [5.41, 5.74) is 7.53. The molecule has 1 aromatic carbocycles. The summed E-state index contributed by atoms with van der Waals surface area (Å²) in [6.07, 6.45) is 1.68. The molecule has 0 bridgehead atoms. The van der Waals surface area contributed by atoms with Crippen molar-refractivity contribution in [1.82, 2.24) is 0 Å². The van der Waals surface area contributed by atoms with Crippen LogP contribution in [0.3, 0.4) is 0 Å². The molecular formula is C9H10FNO. The van der Waals surface area contributed by atoms with Crippen LogP contribution in [0.5, 0.6) is 5.75 Å². The zero-order valence-corrected chi connectivity index (χ0v) is 6.55. The maximum Gasteiger partial charge on any atom is 0.165 e. The molecule has 1 atom stereocenters. The second kappa shape index (κ2) is 2.45. The quantitative estimate of drug-likeness (QED) is 0.614. The number of phenols is 1. The van der Waals surface area contributed by atoms with E-state index in [-0.39, 0.29) is 11.8 Å². The van der Waals surface area contributed by atoms with Crippen LogP contribution in [-0.2, 0) is 6.42 Å². The van der Waals surface area contributed by atoms with Crippen LogP contribution in [-0.4, -0.2) is 5.11 Å². The van der Waals surface area contributed by atoms with Crippen molar-refractivity contribution in [2.45, 2.75) is 18.9 Å². The third-order valence-electron chi connectivity index (χ3n) is 2.33. The number of halogens is 1. The molecule has 0 saturated heterocycles. The summed E-state index contributed by atoms with van der Waals surface area (Å²) in [4.78, 5) is 0. The van der Waals surface area contributed by atoms with E-state index in [1.165, 1.54) is 12.1 Å². The zero-order valence-electron chi connectivity index (χ0n) is 6.55. The monoisotopic (exact) mass is 167 g/mol. The van der Waals surface area contributed by atoms with Gasteiger partial charge in [0.15, 0.2) is 11.6 Å². The van der Waals surface area contributed by atoms with E-state index in [0.29, 0.717) is 0 Å². The summed E-state index contributed by atoms with van der Waals surface area (Å²) in [6, 6.07) is 2.75. The van der Waals surface area contributed by atoms with Crippen molar-refractivity contribution in [2.75, 3.05) is 0 Å². The fraction of sp³-hybridized carbons (Fsp3) is 0.333. The minimum Gasteiger partial charge on any atom is -0.505 e. The van der Waals surface area contributed by atoms with Crippen molar-refractivity contribution in [3.05, 3.63) is 29.1 Å². The number of hydrogen-bond acceptors (Lipinski definition) is 2. The van der Waals surface area contributed by atoms with Gasteiger partial charge in [-0.1, -0.05) is 0 Å². The molecule has 1 aliphatic rings. The standard InChI is InChI=1S/C9H10FNO/c10-7-4-6-5(3-9(7)12)1-2-8(6)11/h3-4,8,12H,1-2,11H2/t8-/m1/s1. The van der Waals surface area contributed by atoms with Crippen molar-refractivity contribution in [3.63, 3.8) is 0 Å². The average molecular weight is 167 g/mol. The normalized spacial score (nSPS) is 21.0. The maximum absolute atomic E-state index is 12.8. The molecule has 0 aliphatic heterocycles. The number of hydrogen-bond donors (Lipinski definition) is 2. The van der Waals surface area contributed by atoms with Crippen molar-refractivity contribution in [1.29, 1.82) is 0 Å². The molecule has 0 saturated carbocycles. The topological polar surface area (TPSA) is 46.2 Å².